The van der Waals surface area contributed by atoms with Gasteiger partial charge in [-0.2, -0.15) is 0 Å². The standard InChI is InChI=1S/C39H72N8O8/c1-25(2)13-14-31(49)44-38(9,10)35(53)43-28(23-26(3)4)32(50)42-29(24-27(5)6)33(51)45-39(11,12)36(54)46-37(7,8)34(52)41-16-15-30(48)40-17-18-47-19-21-55-22-20-47/h25-29H,13-24H2,1-12H3,(H,40,48)(H,41,52)(H,42,50)(H,43,53)(H,44,49)(H,45,51)(H,46,54)/t28-,29-/m0/s1. The molecule has 16 heteroatoms. The first kappa shape index (κ1) is 49.2. The van der Waals surface area contributed by atoms with Crippen LogP contribution in [0.4, 0.5) is 0 Å². The Morgan fingerprint density at radius 3 is 1.64 bits per heavy atom. The van der Waals surface area contributed by atoms with Crippen LogP contribution < -0.4 is 37.2 Å². The summed E-state index contributed by atoms with van der Waals surface area (Å²) in [5.41, 5.74) is -4.18. The van der Waals surface area contributed by atoms with Gasteiger partial charge in [0.05, 0.1) is 13.2 Å². The number of carbonyl (C=O) groups is 7. The summed E-state index contributed by atoms with van der Waals surface area (Å²) in [5.74, 6) is -3.04. The molecule has 0 aromatic rings. The quantitative estimate of drug-likeness (QED) is 0.0790. The number of nitrogens with one attached hydrogen (secondary N) is 7. The Morgan fingerprint density at radius 2 is 1.09 bits per heavy atom. The van der Waals surface area contributed by atoms with Crippen LogP contribution in [0, 0.1) is 17.8 Å². The highest BCUT2D eigenvalue weighted by molar-refractivity contribution is 5.98. The molecule has 1 aliphatic heterocycles. The molecule has 0 spiro atoms. The fraction of sp³-hybridized carbons (Fsp3) is 0.821. The van der Waals surface area contributed by atoms with E-state index in [1.165, 1.54) is 27.7 Å². The third-order valence-electron chi connectivity index (χ3n) is 9.13. The van der Waals surface area contributed by atoms with Crippen molar-refractivity contribution in [2.45, 2.75) is 144 Å². The second-order valence-corrected chi connectivity index (χ2v) is 17.5. The molecule has 1 heterocycles. The minimum atomic E-state index is -1.50. The van der Waals surface area contributed by atoms with Crippen LogP contribution in [0.3, 0.4) is 0 Å². The van der Waals surface area contributed by atoms with Gasteiger partial charge in [0.15, 0.2) is 0 Å². The fourth-order valence-electron chi connectivity index (χ4n) is 5.63. The first-order valence-corrected chi connectivity index (χ1v) is 19.8. The van der Waals surface area contributed by atoms with E-state index in [9.17, 15) is 33.6 Å². The first-order valence-electron chi connectivity index (χ1n) is 19.8. The predicted octanol–water partition coefficient (Wildman–Crippen LogP) is 1.12. The van der Waals surface area contributed by atoms with Crippen molar-refractivity contribution in [3.63, 3.8) is 0 Å². The molecular weight excluding hydrogens is 708 g/mol. The molecule has 1 rings (SSSR count). The summed E-state index contributed by atoms with van der Waals surface area (Å²) in [6.45, 7) is 25.0. The van der Waals surface area contributed by atoms with Crippen molar-refractivity contribution in [2.24, 2.45) is 17.8 Å². The second kappa shape index (κ2) is 22.7. The van der Waals surface area contributed by atoms with E-state index in [-0.39, 0.29) is 55.9 Å². The number of rotatable bonds is 23. The molecule has 55 heavy (non-hydrogen) atoms. The van der Waals surface area contributed by atoms with E-state index in [1.54, 1.807) is 13.8 Å². The van der Waals surface area contributed by atoms with Gasteiger partial charge in [0.25, 0.3) is 0 Å². The minimum Gasteiger partial charge on any atom is -0.379 e. The smallest absolute Gasteiger partial charge is 0.246 e. The van der Waals surface area contributed by atoms with Gasteiger partial charge in [0.1, 0.15) is 28.7 Å². The Kier molecular flexibility index (Phi) is 20.3. The van der Waals surface area contributed by atoms with E-state index in [2.05, 4.69) is 42.1 Å². The Balaban J connectivity index is 2.86. The van der Waals surface area contributed by atoms with Crippen LogP contribution >= 0.6 is 0 Å². The van der Waals surface area contributed by atoms with Gasteiger partial charge in [-0.25, -0.2) is 0 Å². The monoisotopic (exact) mass is 781 g/mol. The van der Waals surface area contributed by atoms with Crippen molar-refractivity contribution in [1.29, 1.82) is 0 Å². The lowest BCUT2D eigenvalue weighted by Gasteiger charge is -2.33. The number of hydrogen-bond acceptors (Lipinski definition) is 9. The van der Waals surface area contributed by atoms with Gasteiger partial charge in [-0.1, -0.05) is 41.5 Å². The normalized spacial score (nSPS) is 15.2. The van der Waals surface area contributed by atoms with Gasteiger partial charge in [-0.15, -0.1) is 0 Å². The third kappa shape index (κ3) is 19.1. The molecule has 1 aliphatic rings. The molecule has 0 aromatic heterocycles. The van der Waals surface area contributed by atoms with E-state index in [0.717, 1.165) is 13.1 Å². The second-order valence-electron chi connectivity index (χ2n) is 17.5. The average Bonchev–Trinajstić information content (AvgIpc) is 3.06. The Bertz CT molecular complexity index is 1310. The summed E-state index contributed by atoms with van der Waals surface area (Å²) >= 11 is 0. The SMILES string of the molecule is CC(C)CCC(=O)NC(C)(C)C(=O)N[C@@H](CC(C)C)C(=O)N[C@@H](CC(C)C)C(=O)NC(C)(C)C(=O)NC(C)(C)C(=O)NCCC(=O)NCCN1CCOCC1. The molecule has 7 amide bonds. The maximum absolute atomic E-state index is 13.7. The van der Waals surface area contributed by atoms with Gasteiger partial charge >= 0.3 is 0 Å². The van der Waals surface area contributed by atoms with Gasteiger partial charge in [-0.3, -0.25) is 38.5 Å². The molecular formula is C39H72N8O8. The number of hydrogen-bond donors (Lipinski definition) is 7. The highest BCUT2D eigenvalue weighted by Crippen LogP contribution is 2.14. The minimum absolute atomic E-state index is 0.00285. The molecule has 0 bridgehead atoms. The molecule has 1 saturated heterocycles. The molecule has 316 valence electrons. The zero-order valence-electron chi connectivity index (χ0n) is 35.6. The van der Waals surface area contributed by atoms with Crippen LogP contribution in [-0.4, -0.2) is 121 Å². The lowest BCUT2D eigenvalue weighted by molar-refractivity contribution is -0.139. The summed E-state index contributed by atoms with van der Waals surface area (Å²) in [6.07, 6.45) is 1.52. The number of nitrogens with zero attached hydrogens (tertiary/aromatic N) is 1. The molecule has 0 saturated carbocycles. The summed E-state index contributed by atoms with van der Waals surface area (Å²) in [6, 6.07) is -2.05. The molecule has 0 radical (unpaired) electrons. The predicted molar refractivity (Wildman–Crippen MR) is 211 cm³/mol. The Hall–Kier alpha value is -3.79. The molecule has 0 aromatic carbocycles. The van der Waals surface area contributed by atoms with E-state index in [0.29, 0.717) is 38.6 Å². The maximum atomic E-state index is 13.7. The molecule has 2 atom stereocenters. The van der Waals surface area contributed by atoms with Crippen molar-refractivity contribution in [3.8, 4) is 0 Å². The lowest BCUT2D eigenvalue weighted by atomic mass is 9.96. The van der Waals surface area contributed by atoms with Crippen molar-refractivity contribution in [1.82, 2.24) is 42.1 Å². The molecule has 0 aliphatic carbocycles. The van der Waals surface area contributed by atoms with Crippen LogP contribution in [0.5, 0.6) is 0 Å². The van der Waals surface area contributed by atoms with Gasteiger partial charge in [0, 0.05) is 45.6 Å². The van der Waals surface area contributed by atoms with Crippen LogP contribution in [0.1, 0.15) is 115 Å². The lowest BCUT2D eigenvalue weighted by Crippen LogP contribution is -2.65. The largest absolute Gasteiger partial charge is 0.379 e. The van der Waals surface area contributed by atoms with E-state index in [1.807, 2.05) is 41.5 Å². The van der Waals surface area contributed by atoms with Gasteiger partial charge in [0.2, 0.25) is 41.4 Å². The number of carbonyl (C=O) groups excluding carboxylic acids is 7. The van der Waals surface area contributed by atoms with Crippen LogP contribution in [0.2, 0.25) is 0 Å². The summed E-state index contributed by atoms with van der Waals surface area (Å²) in [4.78, 5) is 94.2. The van der Waals surface area contributed by atoms with Crippen LogP contribution in [0.25, 0.3) is 0 Å². The van der Waals surface area contributed by atoms with Crippen molar-refractivity contribution in [3.05, 3.63) is 0 Å². The van der Waals surface area contributed by atoms with Crippen molar-refractivity contribution < 1.29 is 38.3 Å². The first-order chi connectivity index (χ1) is 25.4. The Morgan fingerprint density at radius 1 is 0.564 bits per heavy atom. The highest BCUT2D eigenvalue weighted by Gasteiger charge is 2.39. The molecule has 1 fully saturated rings. The fourth-order valence-corrected chi connectivity index (χ4v) is 5.63. The summed E-state index contributed by atoms with van der Waals surface area (Å²) in [7, 11) is 0. The number of ether oxygens (including phenoxy) is 1. The highest BCUT2D eigenvalue weighted by atomic mass is 16.5. The van der Waals surface area contributed by atoms with E-state index < -0.39 is 58.2 Å². The third-order valence-corrected chi connectivity index (χ3v) is 9.13. The zero-order chi connectivity index (χ0) is 42.1. The summed E-state index contributed by atoms with van der Waals surface area (Å²) in [5, 5.41) is 19.3. The number of amides is 7. The number of morpholine rings is 1. The average molecular weight is 781 g/mol. The maximum Gasteiger partial charge on any atom is 0.246 e. The molecule has 0 unspecified atom stereocenters. The van der Waals surface area contributed by atoms with E-state index >= 15 is 0 Å². The van der Waals surface area contributed by atoms with Crippen LogP contribution in [0.15, 0.2) is 0 Å². The van der Waals surface area contributed by atoms with E-state index in [4.69, 9.17) is 4.74 Å². The van der Waals surface area contributed by atoms with Crippen molar-refractivity contribution >= 4 is 41.4 Å². The molecule has 7 N–H and O–H groups in total. The topological polar surface area (TPSA) is 216 Å². The molecule has 16 nitrogen and oxygen atoms in total. The van der Waals surface area contributed by atoms with Gasteiger partial charge < -0.3 is 42.0 Å². The zero-order valence-corrected chi connectivity index (χ0v) is 35.6. The summed E-state index contributed by atoms with van der Waals surface area (Å²) < 4.78 is 5.33. The van der Waals surface area contributed by atoms with Crippen LogP contribution in [-0.2, 0) is 38.3 Å². The Labute approximate surface area is 328 Å². The van der Waals surface area contributed by atoms with Crippen molar-refractivity contribution in [2.75, 3.05) is 45.9 Å². The van der Waals surface area contributed by atoms with Gasteiger partial charge in [-0.05, 0) is 78.6 Å².